The van der Waals surface area contributed by atoms with Crippen molar-refractivity contribution in [3.8, 4) is 11.5 Å². The Balaban J connectivity index is 1.46. The Hall–Kier alpha value is -2.61. The van der Waals surface area contributed by atoms with Gasteiger partial charge in [-0.2, -0.15) is 0 Å². The van der Waals surface area contributed by atoms with Crippen LogP contribution in [0, 0.1) is 5.92 Å². The van der Waals surface area contributed by atoms with Gasteiger partial charge in [-0.15, -0.1) is 0 Å². The van der Waals surface area contributed by atoms with Crippen molar-refractivity contribution in [2.75, 3.05) is 60.1 Å². The first-order chi connectivity index (χ1) is 17.0. The second kappa shape index (κ2) is 11.9. The fourth-order valence-electron chi connectivity index (χ4n) is 5.25. The number of fused-ring (bicyclic) bond motifs is 1. The van der Waals surface area contributed by atoms with E-state index in [9.17, 15) is 4.79 Å². The minimum Gasteiger partial charge on any atom is -0.493 e. The van der Waals surface area contributed by atoms with Gasteiger partial charge in [-0.3, -0.25) is 14.6 Å². The standard InChI is InChI=1S/C28H39N3O4/c1-20(2)17-30-12-13-35-23(18-30)16-29-27(32)19-31-11-10-22-14-25(33-3)26(34-4)15-24(22)28(31)21-8-6-5-7-9-21/h5-9,14-15,20,23,28H,10-13,16-19H2,1-4H3,(H,29,32)/t23-,28+/m1/s1. The molecule has 4 rings (SSSR count). The molecule has 0 bridgehead atoms. The van der Waals surface area contributed by atoms with Gasteiger partial charge >= 0.3 is 0 Å². The molecule has 2 atom stereocenters. The van der Waals surface area contributed by atoms with Gasteiger partial charge < -0.3 is 19.5 Å². The summed E-state index contributed by atoms with van der Waals surface area (Å²) in [4.78, 5) is 17.7. The number of methoxy groups -OCH3 is 2. The molecule has 1 saturated heterocycles. The number of carbonyl (C=O) groups is 1. The Morgan fingerprint density at radius 1 is 1.11 bits per heavy atom. The minimum absolute atomic E-state index is 0.0273. The zero-order chi connectivity index (χ0) is 24.8. The number of hydrogen-bond donors (Lipinski definition) is 1. The molecule has 7 nitrogen and oxygen atoms in total. The van der Waals surface area contributed by atoms with Crippen LogP contribution >= 0.6 is 0 Å². The number of carbonyl (C=O) groups excluding carboxylic acids is 1. The Kier molecular flexibility index (Phi) is 8.65. The molecule has 0 radical (unpaired) electrons. The van der Waals surface area contributed by atoms with Crippen molar-refractivity contribution in [2.45, 2.75) is 32.4 Å². The predicted molar refractivity (Wildman–Crippen MR) is 137 cm³/mol. The molecule has 1 fully saturated rings. The first-order valence-corrected chi connectivity index (χ1v) is 12.6. The normalized spacial score (nSPS) is 20.9. The van der Waals surface area contributed by atoms with E-state index in [4.69, 9.17) is 14.2 Å². The fraction of sp³-hybridized carbons (Fsp3) is 0.536. The third-order valence-corrected chi connectivity index (χ3v) is 6.81. The third-order valence-electron chi connectivity index (χ3n) is 6.81. The molecule has 7 heteroatoms. The van der Waals surface area contributed by atoms with Crippen molar-refractivity contribution in [1.29, 1.82) is 0 Å². The number of nitrogens with one attached hydrogen (secondary N) is 1. The van der Waals surface area contributed by atoms with Gasteiger partial charge in [-0.25, -0.2) is 0 Å². The van der Waals surface area contributed by atoms with Crippen LogP contribution in [0.25, 0.3) is 0 Å². The van der Waals surface area contributed by atoms with Crippen molar-refractivity contribution in [1.82, 2.24) is 15.1 Å². The first-order valence-electron chi connectivity index (χ1n) is 12.6. The number of rotatable bonds is 9. The topological polar surface area (TPSA) is 63.3 Å². The molecule has 0 spiro atoms. The molecule has 2 aromatic rings. The summed E-state index contributed by atoms with van der Waals surface area (Å²) >= 11 is 0. The lowest BCUT2D eigenvalue weighted by molar-refractivity contribution is -0.124. The lowest BCUT2D eigenvalue weighted by Gasteiger charge is -2.38. The van der Waals surface area contributed by atoms with Gasteiger partial charge in [0.25, 0.3) is 0 Å². The summed E-state index contributed by atoms with van der Waals surface area (Å²) in [5, 5.41) is 3.13. The van der Waals surface area contributed by atoms with Crippen LogP contribution in [0.2, 0.25) is 0 Å². The van der Waals surface area contributed by atoms with Gasteiger partial charge in [0, 0.05) is 32.7 Å². The van der Waals surface area contributed by atoms with E-state index in [-0.39, 0.29) is 18.1 Å². The van der Waals surface area contributed by atoms with Crippen molar-refractivity contribution in [3.63, 3.8) is 0 Å². The quantitative estimate of drug-likeness (QED) is 0.594. The molecule has 0 aliphatic carbocycles. The molecule has 2 heterocycles. The van der Waals surface area contributed by atoms with Crippen LogP contribution in [0.15, 0.2) is 42.5 Å². The molecule has 2 aliphatic heterocycles. The third kappa shape index (κ3) is 6.34. The summed E-state index contributed by atoms with van der Waals surface area (Å²) in [6.45, 7) is 9.74. The summed E-state index contributed by atoms with van der Waals surface area (Å²) < 4.78 is 17.1. The molecular formula is C28H39N3O4. The Morgan fingerprint density at radius 2 is 1.86 bits per heavy atom. The first kappa shape index (κ1) is 25.5. The minimum atomic E-state index is -0.0297. The van der Waals surface area contributed by atoms with Crippen molar-refractivity contribution < 1.29 is 19.0 Å². The van der Waals surface area contributed by atoms with Crippen molar-refractivity contribution in [3.05, 3.63) is 59.2 Å². The van der Waals surface area contributed by atoms with Crippen LogP contribution in [-0.2, 0) is 16.0 Å². The fourth-order valence-corrected chi connectivity index (χ4v) is 5.25. The van der Waals surface area contributed by atoms with Gasteiger partial charge in [0.05, 0.1) is 39.5 Å². The number of nitrogens with zero attached hydrogens (tertiary/aromatic N) is 2. The molecule has 2 aliphatic rings. The zero-order valence-corrected chi connectivity index (χ0v) is 21.5. The lowest BCUT2D eigenvalue weighted by atomic mass is 9.87. The Labute approximate surface area is 209 Å². The molecule has 0 saturated carbocycles. The van der Waals surface area contributed by atoms with E-state index in [2.05, 4.69) is 53.2 Å². The van der Waals surface area contributed by atoms with E-state index in [1.54, 1.807) is 14.2 Å². The van der Waals surface area contributed by atoms with E-state index in [1.807, 2.05) is 18.2 Å². The highest BCUT2D eigenvalue weighted by atomic mass is 16.5. The van der Waals surface area contributed by atoms with Crippen LogP contribution < -0.4 is 14.8 Å². The average Bonchev–Trinajstić information content (AvgIpc) is 2.87. The molecule has 1 amide bonds. The van der Waals surface area contributed by atoms with Gasteiger partial charge in [-0.05, 0) is 41.2 Å². The van der Waals surface area contributed by atoms with Crippen LogP contribution in [0.5, 0.6) is 11.5 Å². The summed E-state index contributed by atoms with van der Waals surface area (Å²) in [6, 6.07) is 14.5. The molecular weight excluding hydrogens is 442 g/mol. The molecule has 190 valence electrons. The van der Waals surface area contributed by atoms with E-state index in [0.717, 1.165) is 56.1 Å². The monoisotopic (exact) mass is 481 g/mol. The van der Waals surface area contributed by atoms with E-state index in [1.165, 1.54) is 5.56 Å². The number of hydrogen-bond acceptors (Lipinski definition) is 6. The summed E-state index contributed by atoms with van der Waals surface area (Å²) in [6.07, 6.45) is 0.887. The maximum absolute atomic E-state index is 13.1. The maximum atomic E-state index is 13.1. The summed E-state index contributed by atoms with van der Waals surface area (Å²) in [5.74, 6) is 2.10. The molecule has 2 aromatic carbocycles. The van der Waals surface area contributed by atoms with Crippen molar-refractivity contribution >= 4 is 5.91 Å². The smallest absolute Gasteiger partial charge is 0.234 e. The Bertz CT molecular complexity index is 982. The second-order valence-corrected chi connectivity index (χ2v) is 9.89. The maximum Gasteiger partial charge on any atom is 0.234 e. The average molecular weight is 482 g/mol. The SMILES string of the molecule is COc1cc2c(cc1OC)[C@H](c1ccccc1)N(CC(=O)NC[C@@H]1CN(CC(C)C)CCO1)CC2. The van der Waals surface area contributed by atoms with Gasteiger partial charge in [0.2, 0.25) is 5.91 Å². The highest BCUT2D eigenvalue weighted by Gasteiger charge is 2.32. The predicted octanol–water partition coefficient (Wildman–Crippen LogP) is 3.12. The lowest BCUT2D eigenvalue weighted by Crippen LogP contribution is -2.50. The number of morpholine rings is 1. The highest BCUT2D eigenvalue weighted by Crippen LogP contribution is 2.40. The van der Waals surface area contributed by atoms with Gasteiger partial charge in [-0.1, -0.05) is 44.2 Å². The number of ether oxygens (including phenoxy) is 3. The molecule has 35 heavy (non-hydrogen) atoms. The second-order valence-electron chi connectivity index (χ2n) is 9.89. The summed E-state index contributed by atoms with van der Waals surface area (Å²) in [5.41, 5.74) is 3.55. The van der Waals surface area contributed by atoms with Crippen LogP contribution in [-0.4, -0.2) is 81.9 Å². The van der Waals surface area contributed by atoms with E-state index >= 15 is 0 Å². The highest BCUT2D eigenvalue weighted by molar-refractivity contribution is 5.78. The summed E-state index contributed by atoms with van der Waals surface area (Å²) in [7, 11) is 3.32. The number of amides is 1. The zero-order valence-electron chi connectivity index (χ0n) is 21.5. The Morgan fingerprint density at radius 3 is 2.57 bits per heavy atom. The van der Waals surface area contributed by atoms with E-state index in [0.29, 0.717) is 24.8 Å². The van der Waals surface area contributed by atoms with Gasteiger partial charge in [0.1, 0.15) is 0 Å². The van der Waals surface area contributed by atoms with Crippen LogP contribution in [0.4, 0.5) is 0 Å². The van der Waals surface area contributed by atoms with Crippen molar-refractivity contribution in [2.24, 2.45) is 5.92 Å². The van der Waals surface area contributed by atoms with E-state index < -0.39 is 0 Å². The molecule has 0 aromatic heterocycles. The van der Waals surface area contributed by atoms with Crippen LogP contribution in [0.3, 0.4) is 0 Å². The van der Waals surface area contributed by atoms with Crippen LogP contribution in [0.1, 0.15) is 36.6 Å². The largest absolute Gasteiger partial charge is 0.493 e. The molecule has 1 N–H and O–H groups in total. The van der Waals surface area contributed by atoms with Gasteiger partial charge in [0.15, 0.2) is 11.5 Å². The molecule has 0 unspecified atom stereocenters. The number of benzene rings is 2.